The van der Waals surface area contributed by atoms with Gasteiger partial charge < -0.3 is 9.31 Å². The molecule has 1 aliphatic carbocycles. The fourth-order valence-electron chi connectivity index (χ4n) is 6.07. The summed E-state index contributed by atoms with van der Waals surface area (Å²) >= 11 is 0. The molecule has 1 aliphatic heterocycles. The van der Waals surface area contributed by atoms with Gasteiger partial charge in [-0.15, -0.1) is 0 Å². The first-order chi connectivity index (χ1) is 17.6. The highest BCUT2D eigenvalue weighted by Gasteiger charge is 2.52. The van der Waals surface area contributed by atoms with Crippen LogP contribution < -0.4 is 5.46 Å². The summed E-state index contributed by atoms with van der Waals surface area (Å²) in [5.74, 6) is 0. The molecule has 2 aromatic heterocycles. The van der Waals surface area contributed by atoms with Gasteiger partial charge in [-0.25, -0.2) is 4.98 Å². The number of nitrogens with zero attached hydrogens (tertiary/aromatic N) is 2. The van der Waals surface area contributed by atoms with Crippen LogP contribution in [0.5, 0.6) is 0 Å². The average molecular weight is 486 g/mol. The predicted octanol–water partition coefficient (Wildman–Crippen LogP) is 6.78. The lowest BCUT2D eigenvalue weighted by Crippen LogP contribution is -2.41. The summed E-state index contributed by atoms with van der Waals surface area (Å²) in [5, 5.41) is 2.40. The highest BCUT2D eigenvalue weighted by atomic mass is 16.7. The number of para-hydroxylation sites is 1. The van der Waals surface area contributed by atoms with Crippen LogP contribution in [0.1, 0.15) is 52.7 Å². The smallest absolute Gasteiger partial charge is 0.399 e. The van der Waals surface area contributed by atoms with E-state index in [-0.39, 0.29) is 23.7 Å². The zero-order valence-electron chi connectivity index (χ0n) is 22.3. The highest BCUT2D eigenvalue weighted by Crippen LogP contribution is 2.49. The van der Waals surface area contributed by atoms with E-state index in [1.165, 1.54) is 38.5 Å². The molecule has 1 saturated heterocycles. The second-order valence-electron chi connectivity index (χ2n) is 12.0. The van der Waals surface area contributed by atoms with E-state index < -0.39 is 0 Å². The fourth-order valence-corrected chi connectivity index (χ4v) is 6.07. The van der Waals surface area contributed by atoms with Crippen molar-refractivity contribution >= 4 is 34.5 Å². The van der Waals surface area contributed by atoms with Gasteiger partial charge in [-0.1, -0.05) is 56.3 Å². The lowest BCUT2D eigenvalue weighted by molar-refractivity contribution is 0.00578. The Hall–Kier alpha value is -3.41. The molecule has 0 atom stereocenters. The van der Waals surface area contributed by atoms with E-state index in [0.29, 0.717) is 0 Å². The van der Waals surface area contributed by atoms with Gasteiger partial charge in [-0.2, -0.15) is 0 Å². The van der Waals surface area contributed by atoms with Crippen LogP contribution >= 0.6 is 0 Å². The average Bonchev–Trinajstić information content (AvgIpc) is 3.41. The number of pyridine rings is 1. The minimum absolute atomic E-state index is 0.160. The first-order valence-electron chi connectivity index (χ1n) is 13.1. The molecule has 0 unspecified atom stereocenters. The van der Waals surface area contributed by atoms with E-state index in [9.17, 15) is 0 Å². The van der Waals surface area contributed by atoms with Crippen LogP contribution in [0.15, 0.2) is 79.0 Å². The topological polar surface area (TPSA) is 36.3 Å². The molecular weight excluding hydrogens is 455 g/mol. The van der Waals surface area contributed by atoms with E-state index in [2.05, 4.69) is 113 Å². The summed E-state index contributed by atoms with van der Waals surface area (Å²) in [6.45, 7) is 13.0. The monoisotopic (exact) mass is 486 g/mol. The lowest BCUT2D eigenvalue weighted by Gasteiger charge is -2.32. The van der Waals surface area contributed by atoms with Gasteiger partial charge in [0.1, 0.15) is 5.65 Å². The number of hydrogen-bond donors (Lipinski definition) is 0. The minimum Gasteiger partial charge on any atom is -0.399 e. The second kappa shape index (κ2) is 7.34. The van der Waals surface area contributed by atoms with Crippen molar-refractivity contribution in [2.45, 2.75) is 58.2 Å². The minimum atomic E-state index is -0.367. The van der Waals surface area contributed by atoms with Crippen LogP contribution in [-0.2, 0) is 14.7 Å². The standard InChI is InChI=1S/C32H31BN2O2/c1-30(2)26-18-20(33-36-31(3,4)32(5,6)37-33)13-15-22(26)23-16-14-21(19-27(23)30)35-28-12-8-7-10-24(28)25-11-9-17-34-29(25)35/h7-19H,1-6H3. The Balaban J connectivity index is 1.35. The van der Waals surface area contributed by atoms with Crippen LogP contribution in [0.4, 0.5) is 0 Å². The first kappa shape index (κ1) is 22.8. The summed E-state index contributed by atoms with van der Waals surface area (Å²) < 4.78 is 15.0. The van der Waals surface area contributed by atoms with Crippen molar-refractivity contribution in [2.75, 3.05) is 0 Å². The third-order valence-electron chi connectivity index (χ3n) is 8.90. The van der Waals surface area contributed by atoms with Gasteiger partial charge in [0, 0.05) is 28.1 Å². The SMILES string of the molecule is CC1(C)c2cc(B3OC(C)(C)C(C)(C)O3)ccc2-c2ccc(-n3c4ccccc4c4cccnc43)cc21. The molecule has 184 valence electrons. The van der Waals surface area contributed by atoms with E-state index in [0.717, 1.165) is 16.8 Å². The van der Waals surface area contributed by atoms with Crippen molar-refractivity contribution < 1.29 is 9.31 Å². The summed E-state index contributed by atoms with van der Waals surface area (Å²) in [7, 11) is -0.367. The van der Waals surface area contributed by atoms with E-state index >= 15 is 0 Å². The fraction of sp³-hybridized carbons (Fsp3) is 0.281. The van der Waals surface area contributed by atoms with Crippen LogP contribution in [-0.4, -0.2) is 27.9 Å². The van der Waals surface area contributed by atoms with E-state index in [4.69, 9.17) is 14.3 Å². The second-order valence-corrected chi connectivity index (χ2v) is 12.0. The van der Waals surface area contributed by atoms with Crippen LogP contribution in [0.2, 0.25) is 0 Å². The highest BCUT2D eigenvalue weighted by molar-refractivity contribution is 6.62. The van der Waals surface area contributed by atoms with Crippen molar-refractivity contribution in [2.24, 2.45) is 0 Å². The Morgan fingerprint density at radius 1 is 0.703 bits per heavy atom. The number of aromatic nitrogens is 2. The van der Waals surface area contributed by atoms with Crippen molar-refractivity contribution in [3.8, 4) is 16.8 Å². The number of fused-ring (bicyclic) bond motifs is 6. The third-order valence-corrected chi connectivity index (χ3v) is 8.90. The molecule has 0 spiro atoms. The molecule has 37 heavy (non-hydrogen) atoms. The molecule has 5 aromatic rings. The van der Waals surface area contributed by atoms with Crippen LogP contribution in [0.3, 0.4) is 0 Å². The van der Waals surface area contributed by atoms with Crippen LogP contribution in [0, 0.1) is 0 Å². The summed E-state index contributed by atoms with van der Waals surface area (Å²) in [5.41, 5.74) is 8.70. The van der Waals surface area contributed by atoms with Crippen molar-refractivity contribution in [1.29, 1.82) is 0 Å². The van der Waals surface area contributed by atoms with Gasteiger partial charge in [-0.3, -0.25) is 4.57 Å². The van der Waals surface area contributed by atoms with Crippen LogP contribution in [0.25, 0.3) is 38.8 Å². The summed E-state index contributed by atoms with van der Waals surface area (Å²) in [6, 6.07) is 26.3. The Morgan fingerprint density at radius 3 is 2.11 bits per heavy atom. The maximum atomic E-state index is 6.37. The molecule has 0 amide bonds. The first-order valence-corrected chi connectivity index (χ1v) is 13.1. The quantitative estimate of drug-likeness (QED) is 0.258. The Kier molecular flexibility index (Phi) is 4.51. The molecule has 1 fully saturated rings. The van der Waals surface area contributed by atoms with Gasteiger partial charge in [0.25, 0.3) is 0 Å². The zero-order valence-corrected chi connectivity index (χ0v) is 22.3. The maximum Gasteiger partial charge on any atom is 0.494 e. The van der Waals surface area contributed by atoms with Crippen molar-refractivity contribution in [1.82, 2.24) is 9.55 Å². The molecule has 2 aliphatic rings. The Labute approximate surface area is 218 Å². The van der Waals surface area contributed by atoms with Gasteiger partial charge >= 0.3 is 7.12 Å². The molecule has 0 saturated carbocycles. The van der Waals surface area contributed by atoms with Gasteiger partial charge in [0.15, 0.2) is 0 Å². The zero-order chi connectivity index (χ0) is 25.7. The molecule has 3 aromatic carbocycles. The predicted molar refractivity (Wildman–Crippen MR) is 152 cm³/mol. The molecule has 3 heterocycles. The lowest BCUT2D eigenvalue weighted by atomic mass is 9.74. The van der Waals surface area contributed by atoms with E-state index in [1.54, 1.807) is 0 Å². The summed E-state index contributed by atoms with van der Waals surface area (Å²) in [4.78, 5) is 4.78. The molecule has 0 radical (unpaired) electrons. The largest absolute Gasteiger partial charge is 0.494 e. The summed E-state index contributed by atoms with van der Waals surface area (Å²) in [6.07, 6.45) is 1.88. The normalized spacial score (nSPS) is 18.9. The Bertz CT molecular complexity index is 1660. The molecule has 0 N–H and O–H groups in total. The molecule has 5 heteroatoms. The van der Waals surface area contributed by atoms with Gasteiger partial charge in [-0.05, 0) is 85.7 Å². The number of rotatable bonds is 2. The van der Waals surface area contributed by atoms with Gasteiger partial charge in [0.05, 0.1) is 16.7 Å². The Morgan fingerprint density at radius 2 is 1.35 bits per heavy atom. The van der Waals surface area contributed by atoms with Crippen molar-refractivity contribution in [3.05, 3.63) is 90.1 Å². The molecule has 7 rings (SSSR count). The number of hydrogen-bond acceptors (Lipinski definition) is 3. The molecule has 4 nitrogen and oxygen atoms in total. The van der Waals surface area contributed by atoms with E-state index in [1.807, 2.05) is 12.3 Å². The maximum absolute atomic E-state index is 6.37. The molecule has 0 bridgehead atoms. The molecular formula is C32H31BN2O2. The van der Waals surface area contributed by atoms with Gasteiger partial charge in [0.2, 0.25) is 0 Å². The van der Waals surface area contributed by atoms with Crippen molar-refractivity contribution in [3.63, 3.8) is 0 Å². The number of benzene rings is 3. The third kappa shape index (κ3) is 3.08.